The van der Waals surface area contributed by atoms with Crippen molar-refractivity contribution in [3.05, 3.63) is 53.1 Å². The van der Waals surface area contributed by atoms with Gasteiger partial charge in [-0.15, -0.1) is 0 Å². The first-order valence-electron chi connectivity index (χ1n) is 7.10. The molecule has 4 N–H and O–H groups in total. The Morgan fingerprint density at radius 3 is 2.70 bits per heavy atom. The van der Waals surface area contributed by atoms with Crippen molar-refractivity contribution < 1.29 is 15.0 Å². The highest BCUT2D eigenvalue weighted by Gasteiger charge is 2.05. The van der Waals surface area contributed by atoms with Gasteiger partial charge >= 0.3 is 0 Å². The van der Waals surface area contributed by atoms with E-state index in [1.807, 2.05) is 31.2 Å². The van der Waals surface area contributed by atoms with Gasteiger partial charge in [-0.1, -0.05) is 12.1 Å². The molecule has 0 heterocycles. The Kier molecular flexibility index (Phi) is 5.19. The molecule has 0 spiro atoms. The van der Waals surface area contributed by atoms with Crippen LogP contribution in [-0.4, -0.2) is 28.9 Å². The highest BCUT2D eigenvalue weighted by molar-refractivity contribution is 5.87. The van der Waals surface area contributed by atoms with E-state index in [9.17, 15) is 15.0 Å². The molecule has 0 aromatic heterocycles. The minimum atomic E-state index is -0.307. The molecule has 0 aliphatic rings. The fourth-order valence-electron chi connectivity index (χ4n) is 2.07. The van der Waals surface area contributed by atoms with Gasteiger partial charge in [-0.3, -0.25) is 4.79 Å². The van der Waals surface area contributed by atoms with Crippen molar-refractivity contribution >= 4 is 17.8 Å². The number of nitrogens with one attached hydrogen (secondary N) is 2. The van der Waals surface area contributed by atoms with Crippen molar-refractivity contribution in [3.8, 4) is 11.5 Å². The summed E-state index contributed by atoms with van der Waals surface area (Å²) < 4.78 is 0. The number of carbonyl (C=O) groups excluding carboxylic acids is 1. The molecule has 0 bridgehead atoms. The van der Waals surface area contributed by atoms with Crippen LogP contribution in [0.15, 0.2) is 41.5 Å². The Hall–Kier alpha value is -3.02. The van der Waals surface area contributed by atoms with Gasteiger partial charge in [-0.25, -0.2) is 5.43 Å². The lowest BCUT2D eigenvalue weighted by Crippen LogP contribution is -2.25. The van der Waals surface area contributed by atoms with Gasteiger partial charge < -0.3 is 15.5 Å². The molecule has 2 rings (SSSR count). The summed E-state index contributed by atoms with van der Waals surface area (Å²) in [6, 6.07) is 10.4. The van der Waals surface area contributed by atoms with Crippen LogP contribution < -0.4 is 10.7 Å². The van der Waals surface area contributed by atoms with E-state index >= 15 is 0 Å². The smallest absolute Gasteiger partial charge is 0.259 e. The molecule has 6 heteroatoms. The number of rotatable bonds is 5. The van der Waals surface area contributed by atoms with Crippen LogP contribution in [0.25, 0.3) is 0 Å². The van der Waals surface area contributed by atoms with Crippen LogP contribution in [0.1, 0.15) is 16.7 Å². The van der Waals surface area contributed by atoms with Gasteiger partial charge in [0.2, 0.25) is 0 Å². The molecular weight excluding hydrogens is 294 g/mol. The monoisotopic (exact) mass is 313 g/mol. The molecule has 23 heavy (non-hydrogen) atoms. The van der Waals surface area contributed by atoms with Crippen LogP contribution in [0.5, 0.6) is 11.5 Å². The lowest BCUT2D eigenvalue weighted by Gasteiger charge is -2.06. The molecule has 0 aliphatic heterocycles. The number of nitrogens with zero attached hydrogens (tertiary/aromatic N) is 1. The van der Waals surface area contributed by atoms with E-state index < -0.39 is 0 Å². The predicted octanol–water partition coefficient (Wildman–Crippen LogP) is 2.28. The Morgan fingerprint density at radius 1 is 1.22 bits per heavy atom. The number of benzene rings is 2. The molecule has 0 radical (unpaired) electrons. The Morgan fingerprint density at radius 2 is 2.00 bits per heavy atom. The topological polar surface area (TPSA) is 94.0 Å². The maximum atomic E-state index is 11.7. The fraction of sp³-hybridized carbons (Fsp3) is 0.176. The van der Waals surface area contributed by atoms with E-state index in [1.165, 1.54) is 18.3 Å². The first kappa shape index (κ1) is 16.4. The molecule has 2 aromatic carbocycles. The molecule has 0 fully saturated rings. The molecule has 0 atom stereocenters. The van der Waals surface area contributed by atoms with E-state index in [4.69, 9.17) is 0 Å². The van der Waals surface area contributed by atoms with Gasteiger partial charge in [0.15, 0.2) is 0 Å². The van der Waals surface area contributed by atoms with Crippen molar-refractivity contribution in [2.45, 2.75) is 13.8 Å². The highest BCUT2D eigenvalue weighted by atomic mass is 16.3. The minimum absolute atomic E-state index is 0.0245. The summed E-state index contributed by atoms with van der Waals surface area (Å²) in [6.45, 7) is 3.78. The van der Waals surface area contributed by atoms with Crippen molar-refractivity contribution in [3.63, 3.8) is 0 Å². The number of hydrazone groups is 1. The number of amides is 1. The number of hydrogen-bond acceptors (Lipinski definition) is 5. The largest absolute Gasteiger partial charge is 0.508 e. The second-order valence-electron chi connectivity index (χ2n) is 5.21. The Balaban J connectivity index is 1.89. The van der Waals surface area contributed by atoms with Crippen LogP contribution in [0, 0.1) is 13.8 Å². The molecule has 6 nitrogen and oxygen atoms in total. The lowest BCUT2D eigenvalue weighted by atomic mass is 10.1. The van der Waals surface area contributed by atoms with Crippen molar-refractivity contribution in [2.75, 3.05) is 11.9 Å². The molecule has 0 unspecified atom stereocenters. The first-order chi connectivity index (χ1) is 11.0. The average Bonchev–Trinajstić information content (AvgIpc) is 2.48. The summed E-state index contributed by atoms with van der Waals surface area (Å²) in [4.78, 5) is 11.7. The fourth-order valence-corrected chi connectivity index (χ4v) is 2.07. The zero-order valence-corrected chi connectivity index (χ0v) is 13.0. The summed E-state index contributed by atoms with van der Waals surface area (Å²) >= 11 is 0. The number of aromatic hydroxyl groups is 2. The van der Waals surface area contributed by atoms with Gasteiger partial charge in [0.05, 0.1) is 12.8 Å². The third-order valence-electron chi connectivity index (χ3n) is 3.20. The molecule has 2 aromatic rings. The molecule has 0 saturated carbocycles. The predicted molar refractivity (Wildman–Crippen MR) is 89.9 cm³/mol. The van der Waals surface area contributed by atoms with Crippen LogP contribution in [0.4, 0.5) is 5.69 Å². The summed E-state index contributed by atoms with van der Waals surface area (Å²) in [6.07, 6.45) is 1.34. The van der Waals surface area contributed by atoms with Gasteiger partial charge in [-0.05, 0) is 43.2 Å². The molecule has 1 amide bonds. The SMILES string of the molecule is Cc1cccc(NCC(=O)NN=Cc2c(C)cc(O)cc2O)c1. The zero-order chi connectivity index (χ0) is 16.8. The van der Waals surface area contributed by atoms with Gasteiger partial charge in [0.25, 0.3) is 5.91 Å². The molecule has 120 valence electrons. The number of carbonyl (C=O) groups is 1. The first-order valence-corrected chi connectivity index (χ1v) is 7.10. The Bertz CT molecular complexity index is 719. The third-order valence-corrected chi connectivity index (χ3v) is 3.20. The second kappa shape index (κ2) is 7.31. The minimum Gasteiger partial charge on any atom is -0.508 e. The van der Waals surface area contributed by atoms with E-state index in [2.05, 4.69) is 15.8 Å². The van der Waals surface area contributed by atoms with Crippen molar-refractivity contribution in [2.24, 2.45) is 5.10 Å². The number of phenolic OH excluding ortho intramolecular Hbond substituents is 2. The standard InChI is InChI=1S/C17H19N3O3/c1-11-4-3-5-13(6-11)18-10-17(23)20-19-9-15-12(2)7-14(21)8-16(15)22/h3-9,18,21-22H,10H2,1-2H3,(H,20,23). The number of phenols is 2. The van der Waals surface area contributed by atoms with E-state index in [-0.39, 0.29) is 24.0 Å². The van der Waals surface area contributed by atoms with Crippen LogP contribution in [0.2, 0.25) is 0 Å². The summed E-state index contributed by atoms with van der Waals surface area (Å²) in [5.74, 6) is -0.430. The number of aryl methyl sites for hydroxylation is 2. The van der Waals surface area contributed by atoms with Crippen molar-refractivity contribution in [1.29, 1.82) is 0 Å². The lowest BCUT2D eigenvalue weighted by molar-refractivity contribution is -0.119. The highest BCUT2D eigenvalue weighted by Crippen LogP contribution is 2.24. The van der Waals surface area contributed by atoms with Crippen LogP contribution >= 0.6 is 0 Å². The summed E-state index contributed by atoms with van der Waals surface area (Å²) in [5.41, 5.74) is 5.43. The second-order valence-corrected chi connectivity index (χ2v) is 5.21. The summed E-state index contributed by atoms with van der Waals surface area (Å²) in [5, 5.41) is 25.9. The van der Waals surface area contributed by atoms with Gasteiger partial charge in [0.1, 0.15) is 11.5 Å². The maximum absolute atomic E-state index is 11.7. The van der Waals surface area contributed by atoms with Crippen molar-refractivity contribution in [1.82, 2.24) is 5.43 Å². The number of hydrogen-bond donors (Lipinski definition) is 4. The molecule has 0 aliphatic carbocycles. The zero-order valence-electron chi connectivity index (χ0n) is 13.0. The third kappa shape index (κ3) is 4.74. The van der Waals surface area contributed by atoms with Gasteiger partial charge in [0, 0.05) is 17.3 Å². The average molecular weight is 313 g/mol. The van der Waals surface area contributed by atoms with E-state index in [0.29, 0.717) is 11.1 Å². The quantitative estimate of drug-likeness (QED) is 0.503. The van der Waals surface area contributed by atoms with Crippen LogP contribution in [-0.2, 0) is 4.79 Å². The Labute approximate surface area is 134 Å². The van der Waals surface area contributed by atoms with E-state index in [0.717, 1.165) is 11.3 Å². The molecule has 0 saturated heterocycles. The molecular formula is C17H19N3O3. The summed E-state index contributed by atoms with van der Waals surface area (Å²) in [7, 11) is 0. The van der Waals surface area contributed by atoms with Crippen LogP contribution in [0.3, 0.4) is 0 Å². The van der Waals surface area contributed by atoms with E-state index in [1.54, 1.807) is 6.92 Å². The number of anilines is 1. The normalized spacial score (nSPS) is 10.7. The maximum Gasteiger partial charge on any atom is 0.259 e. The van der Waals surface area contributed by atoms with Gasteiger partial charge in [-0.2, -0.15) is 5.10 Å².